The summed E-state index contributed by atoms with van der Waals surface area (Å²) in [4.78, 5) is 5.23. The fraction of sp³-hybridized carbons (Fsp3) is 0.250. The minimum atomic E-state index is -4.35. The molecule has 1 heterocycles. The number of anilines is 4. The van der Waals surface area contributed by atoms with Gasteiger partial charge in [-0.1, -0.05) is 5.04 Å². The van der Waals surface area contributed by atoms with Gasteiger partial charge in [-0.2, -0.15) is 13.7 Å². The van der Waals surface area contributed by atoms with Crippen LogP contribution in [0.1, 0.15) is 38.9 Å². The molecular weight excluding hydrogens is 504 g/mol. The molecule has 0 unspecified atom stereocenters. The van der Waals surface area contributed by atoms with Crippen molar-refractivity contribution in [3.8, 4) is 6.07 Å². The summed E-state index contributed by atoms with van der Waals surface area (Å²) in [5, 5.41) is 28.5. The van der Waals surface area contributed by atoms with E-state index in [0.717, 1.165) is 44.9 Å². The van der Waals surface area contributed by atoms with E-state index in [9.17, 15) is 18.2 Å². The number of pyridine rings is 1. The van der Waals surface area contributed by atoms with Gasteiger partial charge in [0.1, 0.15) is 11.9 Å². The van der Waals surface area contributed by atoms with Crippen LogP contribution < -0.4 is 10.6 Å². The number of nitriles is 1. The average Bonchev–Trinajstić information content (AvgIpc) is 2.79. The molecule has 10 nitrogen and oxygen atoms in total. The van der Waals surface area contributed by atoms with Crippen LogP contribution in [0.3, 0.4) is 0 Å². The lowest BCUT2D eigenvalue weighted by atomic mass is 10.0. The van der Waals surface area contributed by atoms with Crippen molar-refractivity contribution in [1.82, 2.24) is 4.98 Å². The van der Waals surface area contributed by atoms with E-state index in [0.29, 0.717) is 34.0 Å². The van der Waals surface area contributed by atoms with E-state index in [1.54, 1.807) is 13.8 Å². The number of benzene rings is 2. The molecule has 0 saturated heterocycles. The molecule has 0 atom stereocenters. The molecule has 0 radical (unpaired) electrons. The van der Waals surface area contributed by atoms with Crippen LogP contribution in [0.2, 0.25) is 0 Å². The molecule has 2 aromatic carbocycles. The van der Waals surface area contributed by atoms with Gasteiger partial charge in [0, 0.05) is 16.3 Å². The second-order valence-electron chi connectivity index (χ2n) is 8.36. The van der Waals surface area contributed by atoms with Crippen LogP contribution in [0.5, 0.6) is 0 Å². The Morgan fingerprint density at radius 1 is 0.889 bits per heavy atom. The molecule has 0 fully saturated rings. The molecule has 4 N–H and O–H groups in total. The molecule has 0 spiro atoms. The van der Waals surface area contributed by atoms with E-state index in [4.69, 9.17) is 10.2 Å². The highest BCUT2D eigenvalue weighted by Crippen LogP contribution is 2.35. The van der Waals surface area contributed by atoms with E-state index >= 15 is 0 Å². The van der Waals surface area contributed by atoms with E-state index in [1.165, 1.54) is 12.1 Å². The van der Waals surface area contributed by atoms with Gasteiger partial charge in [0.2, 0.25) is 0 Å². The Kier molecular flexibility index (Phi) is 8.25. The topological polar surface area (TPSA) is 154 Å². The van der Waals surface area contributed by atoms with E-state index < -0.39 is 10.1 Å². The monoisotopic (exact) mass is 530 g/mol. The first-order valence-electron chi connectivity index (χ1n) is 10.7. The van der Waals surface area contributed by atoms with Crippen LogP contribution in [-0.4, -0.2) is 23.2 Å². The van der Waals surface area contributed by atoms with Crippen molar-refractivity contribution in [2.45, 2.75) is 51.3 Å². The first-order valence-corrected chi connectivity index (χ1v) is 12.9. The van der Waals surface area contributed by atoms with E-state index in [1.807, 2.05) is 39.8 Å². The Labute approximate surface area is 214 Å². The first-order chi connectivity index (χ1) is 16.9. The second-order valence-corrected chi connectivity index (χ2v) is 10.6. The quantitative estimate of drug-likeness (QED) is 0.118. The molecule has 0 aliphatic carbocycles. The highest BCUT2D eigenvalue weighted by atomic mass is 32.2. The number of rotatable bonds is 8. The maximum absolute atomic E-state index is 11.6. The van der Waals surface area contributed by atoms with Gasteiger partial charge in [0.25, 0.3) is 10.1 Å². The predicted molar refractivity (Wildman–Crippen MR) is 137 cm³/mol. The Morgan fingerprint density at radius 2 is 1.39 bits per heavy atom. The lowest BCUT2D eigenvalue weighted by molar-refractivity contribution is -0.432. The van der Waals surface area contributed by atoms with E-state index in [2.05, 4.69) is 26.1 Å². The SMILES string of the molecule is Cc1cc(SOOO)cc(C)c1Nc1nc(Nc2c(C)cc(S(=O)(=O)O)cc2C)c(C#N)c(C)c1C. The van der Waals surface area contributed by atoms with E-state index in [-0.39, 0.29) is 4.90 Å². The van der Waals surface area contributed by atoms with Crippen LogP contribution in [0.15, 0.2) is 34.1 Å². The summed E-state index contributed by atoms with van der Waals surface area (Å²) < 4.78 is 37.1. The summed E-state index contributed by atoms with van der Waals surface area (Å²) in [5.74, 6) is 0.852. The third-order valence-electron chi connectivity index (χ3n) is 5.82. The third-order valence-corrected chi connectivity index (χ3v) is 7.21. The van der Waals surface area contributed by atoms with Crippen LogP contribution in [0.4, 0.5) is 23.0 Å². The highest BCUT2D eigenvalue weighted by Gasteiger charge is 2.19. The minimum absolute atomic E-state index is 0.206. The minimum Gasteiger partial charge on any atom is -0.339 e. The molecule has 3 rings (SSSR count). The number of nitrogens with one attached hydrogen (secondary N) is 2. The summed E-state index contributed by atoms with van der Waals surface area (Å²) in [6.45, 7) is 10.9. The Morgan fingerprint density at radius 3 is 1.86 bits per heavy atom. The zero-order valence-corrected chi connectivity index (χ0v) is 22.2. The van der Waals surface area contributed by atoms with Crippen molar-refractivity contribution in [2.24, 2.45) is 0 Å². The number of aromatic nitrogens is 1. The summed E-state index contributed by atoms with van der Waals surface area (Å²) in [5.41, 5.74) is 6.20. The Bertz CT molecular complexity index is 1440. The molecule has 12 heteroatoms. The lowest BCUT2D eigenvalue weighted by Crippen LogP contribution is -2.09. The standard InChI is InChI=1S/C24H26N4O6S2/c1-12-7-18(35-34-33-29)8-13(2)21(12)26-23-17(6)16(5)20(11-25)24(28-23)27-22-14(3)9-19(10-15(22)4)36(30,31)32/h7-10,29H,1-6H3,(H2,26,27,28)(H,30,31,32). The van der Waals surface area contributed by atoms with Gasteiger partial charge in [-0.25, -0.2) is 10.2 Å². The van der Waals surface area contributed by atoms with Crippen molar-refractivity contribution in [2.75, 3.05) is 10.6 Å². The van der Waals surface area contributed by atoms with Gasteiger partial charge >= 0.3 is 0 Å². The average molecular weight is 531 g/mol. The fourth-order valence-corrected chi connectivity index (χ4v) is 5.08. The van der Waals surface area contributed by atoms with Gasteiger partial charge < -0.3 is 10.6 Å². The van der Waals surface area contributed by atoms with Crippen LogP contribution in [-0.2, 0) is 19.5 Å². The van der Waals surface area contributed by atoms with Crippen molar-refractivity contribution < 1.29 is 27.6 Å². The molecule has 190 valence electrons. The predicted octanol–water partition coefficient (Wildman–Crippen LogP) is 5.97. The molecule has 0 amide bonds. The first kappa shape index (κ1) is 27.4. The molecule has 3 aromatic rings. The van der Waals surface area contributed by atoms with Gasteiger partial charge in [-0.05, 0) is 99.2 Å². The fourth-order valence-electron chi connectivity index (χ4n) is 3.87. The maximum atomic E-state index is 11.6. The molecule has 0 aliphatic rings. The highest BCUT2D eigenvalue weighted by molar-refractivity contribution is 7.94. The Hall–Kier alpha value is -3.18. The normalized spacial score (nSPS) is 11.3. The largest absolute Gasteiger partial charge is 0.339 e. The smallest absolute Gasteiger partial charge is 0.294 e. The van der Waals surface area contributed by atoms with Crippen molar-refractivity contribution in [1.29, 1.82) is 5.26 Å². The van der Waals surface area contributed by atoms with Crippen molar-refractivity contribution in [3.63, 3.8) is 0 Å². The Balaban J connectivity index is 2.07. The molecule has 0 saturated carbocycles. The number of aryl methyl sites for hydroxylation is 4. The molecule has 36 heavy (non-hydrogen) atoms. The number of nitrogens with zero attached hydrogens (tertiary/aromatic N) is 2. The summed E-state index contributed by atoms with van der Waals surface area (Å²) in [6.07, 6.45) is 0. The lowest BCUT2D eigenvalue weighted by Gasteiger charge is -2.20. The summed E-state index contributed by atoms with van der Waals surface area (Å²) >= 11 is 0.868. The zero-order chi connectivity index (χ0) is 26.8. The van der Waals surface area contributed by atoms with Gasteiger partial charge in [-0.15, -0.1) is 4.33 Å². The molecule has 0 bridgehead atoms. The molecule has 1 aromatic heterocycles. The summed E-state index contributed by atoms with van der Waals surface area (Å²) in [6, 6.07) is 8.62. The maximum Gasteiger partial charge on any atom is 0.294 e. The van der Waals surface area contributed by atoms with Gasteiger partial charge in [-0.3, -0.25) is 4.55 Å². The number of hydrogen-bond donors (Lipinski definition) is 4. The van der Waals surface area contributed by atoms with Crippen LogP contribution in [0, 0.1) is 52.9 Å². The van der Waals surface area contributed by atoms with Crippen LogP contribution >= 0.6 is 12.0 Å². The number of hydrogen-bond acceptors (Lipinski definition) is 10. The molecule has 0 aliphatic heterocycles. The van der Waals surface area contributed by atoms with Gasteiger partial charge in [0.15, 0.2) is 5.82 Å². The third kappa shape index (κ3) is 5.79. The van der Waals surface area contributed by atoms with Crippen molar-refractivity contribution in [3.05, 3.63) is 63.2 Å². The second kappa shape index (κ2) is 10.8. The molecular formula is C24H26N4O6S2. The summed E-state index contributed by atoms with van der Waals surface area (Å²) in [7, 11) is -4.35. The van der Waals surface area contributed by atoms with Gasteiger partial charge in [0.05, 0.1) is 22.5 Å². The van der Waals surface area contributed by atoms with Crippen molar-refractivity contribution >= 4 is 45.2 Å². The van der Waals surface area contributed by atoms with Crippen LogP contribution in [0.25, 0.3) is 0 Å². The zero-order valence-electron chi connectivity index (χ0n) is 20.5.